The molecule has 2 amide bonds. The molecule has 0 bridgehead atoms. The van der Waals surface area contributed by atoms with Crippen molar-refractivity contribution in [1.82, 2.24) is 4.90 Å². The van der Waals surface area contributed by atoms with Gasteiger partial charge in [-0.15, -0.1) is 0 Å². The molecule has 3 rings (SSSR count). The molecule has 0 saturated carbocycles. The van der Waals surface area contributed by atoms with Crippen LogP contribution in [0.3, 0.4) is 0 Å². The van der Waals surface area contributed by atoms with E-state index in [1.54, 1.807) is 6.92 Å². The van der Waals surface area contributed by atoms with Crippen LogP contribution in [0.25, 0.3) is 0 Å². The van der Waals surface area contributed by atoms with Crippen molar-refractivity contribution in [3.63, 3.8) is 0 Å². The Balaban J connectivity index is 1.76. The third kappa shape index (κ3) is 3.26. The normalized spacial score (nSPS) is 17.3. The molecule has 0 aliphatic carbocycles. The predicted molar refractivity (Wildman–Crippen MR) is 92.3 cm³/mol. The Bertz CT molecular complexity index is 852. The number of non-ortho nitro benzene ring substituents is 1. The Kier molecular flexibility index (Phi) is 4.66. The van der Waals surface area contributed by atoms with Gasteiger partial charge in [-0.2, -0.15) is 0 Å². The van der Waals surface area contributed by atoms with E-state index < -0.39 is 16.8 Å². The lowest BCUT2D eigenvalue weighted by molar-refractivity contribution is -0.384. The predicted octanol–water partition coefficient (Wildman–Crippen LogP) is 2.61. The summed E-state index contributed by atoms with van der Waals surface area (Å²) in [7, 11) is 0. The van der Waals surface area contributed by atoms with Crippen LogP contribution < -0.4 is 4.90 Å². The second-order valence-corrected chi connectivity index (χ2v) is 5.94. The summed E-state index contributed by atoms with van der Waals surface area (Å²) in [5, 5.41) is 10.7. The summed E-state index contributed by atoms with van der Waals surface area (Å²) in [4.78, 5) is 38.4. The standard InChI is InChI=1S/C18H16FN3O4/c1-12-17(23)21(15-6-8-16(9-7-15)22(25)26)11-10-20(12)18(24)13-2-4-14(19)5-3-13/h2-9,12H,10-11H2,1H3/t12-/m1/s1. The Morgan fingerprint density at radius 3 is 2.31 bits per heavy atom. The Hall–Kier alpha value is -3.29. The van der Waals surface area contributed by atoms with Crippen LogP contribution in [0.15, 0.2) is 48.5 Å². The fraction of sp³-hybridized carbons (Fsp3) is 0.222. The third-order valence-corrected chi connectivity index (χ3v) is 4.38. The molecule has 1 heterocycles. The molecule has 2 aromatic carbocycles. The van der Waals surface area contributed by atoms with Crippen LogP contribution in [0.5, 0.6) is 0 Å². The topological polar surface area (TPSA) is 83.8 Å². The van der Waals surface area contributed by atoms with E-state index in [2.05, 4.69) is 0 Å². The largest absolute Gasteiger partial charge is 0.325 e. The van der Waals surface area contributed by atoms with Gasteiger partial charge < -0.3 is 9.80 Å². The zero-order chi connectivity index (χ0) is 18.8. The Morgan fingerprint density at radius 2 is 1.73 bits per heavy atom. The number of halogens is 1. The van der Waals surface area contributed by atoms with Crippen molar-refractivity contribution in [2.24, 2.45) is 0 Å². The monoisotopic (exact) mass is 357 g/mol. The Morgan fingerprint density at radius 1 is 1.12 bits per heavy atom. The molecule has 0 aromatic heterocycles. The van der Waals surface area contributed by atoms with Crippen LogP contribution in [0.2, 0.25) is 0 Å². The second kappa shape index (κ2) is 6.91. The zero-order valence-corrected chi connectivity index (χ0v) is 14.0. The SMILES string of the molecule is C[C@@H]1C(=O)N(c2ccc([N+](=O)[O-])cc2)CCN1C(=O)c1ccc(F)cc1. The molecular weight excluding hydrogens is 341 g/mol. The molecule has 1 saturated heterocycles. The molecule has 8 heteroatoms. The number of benzene rings is 2. The molecule has 0 spiro atoms. The molecule has 0 radical (unpaired) electrons. The number of nitro groups is 1. The molecule has 0 N–H and O–H groups in total. The number of nitrogens with zero attached hydrogens (tertiary/aromatic N) is 3. The van der Waals surface area contributed by atoms with Gasteiger partial charge in [0.05, 0.1) is 4.92 Å². The molecule has 1 atom stereocenters. The lowest BCUT2D eigenvalue weighted by Crippen LogP contribution is -2.57. The van der Waals surface area contributed by atoms with Gasteiger partial charge in [-0.3, -0.25) is 19.7 Å². The molecule has 1 fully saturated rings. The van der Waals surface area contributed by atoms with Crippen molar-refractivity contribution in [2.75, 3.05) is 18.0 Å². The number of anilines is 1. The molecule has 134 valence electrons. The zero-order valence-electron chi connectivity index (χ0n) is 14.0. The quantitative estimate of drug-likeness (QED) is 0.624. The summed E-state index contributed by atoms with van der Waals surface area (Å²) in [5.41, 5.74) is 0.801. The van der Waals surface area contributed by atoms with Crippen molar-refractivity contribution < 1.29 is 18.9 Å². The van der Waals surface area contributed by atoms with Gasteiger partial charge >= 0.3 is 0 Å². The first kappa shape index (κ1) is 17.5. The Labute approximate surface area is 148 Å². The van der Waals surface area contributed by atoms with Gasteiger partial charge in [0, 0.05) is 36.5 Å². The highest BCUT2D eigenvalue weighted by Crippen LogP contribution is 2.24. The van der Waals surface area contributed by atoms with Gasteiger partial charge in [0.15, 0.2) is 0 Å². The average Bonchev–Trinajstić information content (AvgIpc) is 2.64. The van der Waals surface area contributed by atoms with E-state index in [1.807, 2.05) is 0 Å². The number of carbonyl (C=O) groups excluding carboxylic acids is 2. The fourth-order valence-electron chi connectivity index (χ4n) is 2.92. The molecular formula is C18H16FN3O4. The molecule has 0 unspecified atom stereocenters. The van der Waals surface area contributed by atoms with Crippen molar-refractivity contribution >= 4 is 23.2 Å². The summed E-state index contributed by atoms with van der Waals surface area (Å²) >= 11 is 0. The third-order valence-electron chi connectivity index (χ3n) is 4.38. The number of amides is 2. The van der Waals surface area contributed by atoms with Crippen molar-refractivity contribution in [3.8, 4) is 0 Å². The molecule has 1 aliphatic heterocycles. The number of rotatable bonds is 3. The molecule has 2 aromatic rings. The van der Waals surface area contributed by atoms with Gasteiger partial charge in [-0.25, -0.2) is 4.39 Å². The van der Waals surface area contributed by atoms with E-state index in [1.165, 1.54) is 58.3 Å². The first-order valence-electron chi connectivity index (χ1n) is 8.01. The van der Waals surface area contributed by atoms with E-state index in [9.17, 15) is 24.1 Å². The van der Waals surface area contributed by atoms with E-state index in [0.29, 0.717) is 17.8 Å². The number of hydrogen-bond acceptors (Lipinski definition) is 4. The first-order valence-corrected chi connectivity index (χ1v) is 8.01. The summed E-state index contributed by atoms with van der Waals surface area (Å²) < 4.78 is 13.0. The number of carbonyl (C=O) groups is 2. The maximum Gasteiger partial charge on any atom is 0.269 e. The van der Waals surface area contributed by atoms with Crippen molar-refractivity contribution in [1.29, 1.82) is 0 Å². The highest BCUT2D eigenvalue weighted by Gasteiger charge is 2.35. The number of piperazine rings is 1. The minimum atomic E-state index is -0.698. The maximum absolute atomic E-state index is 13.0. The molecule has 26 heavy (non-hydrogen) atoms. The second-order valence-electron chi connectivity index (χ2n) is 5.94. The van der Waals surface area contributed by atoms with E-state index >= 15 is 0 Å². The summed E-state index contributed by atoms with van der Waals surface area (Å²) in [6.45, 7) is 2.20. The maximum atomic E-state index is 13.0. The van der Waals surface area contributed by atoms with Crippen LogP contribution in [0.4, 0.5) is 15.8 Å². The summed E-state index contributed by atoms with van der Waals surface area (Å²) in [6.07, 6.45) is 0. The highest BCUT2D eigenvalue weighted by atomic mass is 19.1. The van der Waals surface area contributed by atoms with E-state index in [4.69, 9.17) is 0 Å². The van der Waals surface area contributed by atoms with Crippen molar-refractivity contribution in [3.05, 3.63) is 70.0 Å². The summed E-state index contributed by atoms with van der Waals surface area (Å²) in [6, 6.07) is 10.2. The van der Waals surface area contributed by atoms with Crippen LogP contribution in [-0.2, 0) is 4.79 Å². The van der Waals surface area contributed by atoms with Crippen LogP contribution in [0.1, 0.15) is 17.3 Å². The van der Waals surface area contributed by atoms with Gasteiger partial charge in [-0.05, 0) is 43.3 Å². The van der Waals surface area contributed by atoms with Gasteiger partial charge in [0.2, 0.25) is 5.91 Å². The van der Waals surface area contributed by atoms with E-state index in [-0.39, 0.29) is 24.0 Å². The minimum absolute atomic E-state index is 0.0561. The minimum Gasteiger partial charge on any atom is -0.325 e. The van der Waals surface area contributed by atoms with Crippen LogP contribution in [-0.4, -0.2) is 40.8 Å². The van der Waals surface area contributed by atoms with Crippen LogP contribution >= 0.6 is 0 Å². The van der Waals surface area contributed by atoms with Gasteiger partial charge in [0.1, 0.15) is 11.9 Å². The smallest absolute Gasteiger partial charge is 0.269 e. The molecule has 7 nitrogen and oxygen atoms in total. The van der Waals surface area contributed by atoms with Gasteiger partial charge in [-0.1, -0.05) is 0 Å². The summed E-state index contributed by atoms with van der Waals surface area (Å²) in [5.74, 6) is -1.05. The molecule has 1 aliphatic rings. The fourth-order valence-corrected chi connectivity index (χ4v) is 2.92. The van der Waals surface area contributed by atoms with Crippen LogP contribution in [0, 0.1) is 15.9 Å². The number of nitro benzene ring substituents is 1. The van der Waals surface area contributed by atoms with Crippen molar-refractivity contribution in [2.45, 2.75) is 13.0 Å². The number of hydrogen-bond donors (Lipinski definition) is 0. The van der Waals surface area contributed by atoms with E-state index in [0.717, 1.165) is 0 Å². The lowest BCUT2D eigenvalue weighted by Gasteiger charge is -2.39. The average molecular weight is 357 g/mol. The highest BCUT2D eigenvalue weighted by molar-refractivity contribution is 6.03. The lowest BCUT2D eigenvalue weighted by atomic mass is 10.1. The first-order chi connectivity index (χ1) is 12.4. The van der Waals surface area contributed by atoms with Gasteiger partial charge in [0.25, 0.3) is 11.6 Å².